The zero-order chi connectivity index (χ0) is 13.0. The predicted molar refractivity (Wildman–Crippen MR) is 64.2 cm³/mol. The second kappa shape index (κ2) is 6.08. The largest absolute Gasteiger partial charge is 0.480 e. The number of halogens is 3. The van der Waals surface area contributed by atoms with Gasteiger partial charge in [-0.3, -0.25) is 4.79 Å². The number of pyridine rings is 1. The molecule has 0 fully saturated rings. The highest BCUT2D eigenvalue weighted by Gasteiger charge is 2.18. The van der Waals surface area contributed by atoms with Crippen molar-refractivity contribution in [3.05, 3.63) is 20.9 Å². The van der Waals surface area contributed by atoms with Gasteiger partial charge < -0.3 is 9.47 Å². The molecule has 0 N–H and O–H groups in total. The molecule has 0 unspecified atom stereocenters. The van der Waals surface area contributed by atoms with Gasteiger partial charge in [0.2, 0.25) is 5.88 Å². The molecule has 4 nitrogen and oxygen atoms in total. The fourth-order valence-electron chi connectivity index (χ4n) is 1.18. The maximum atomic E-state index is 12.6. The van der Waals surface area contributed by atoms with E-state index >= 15 is 0 Å². The van der Waals surface area contributed by atoms with E-state index in [4.69, 9.17) is 4.74 Å². The van der Waals surface area contributed by atoms with Crippen LogP contribution in [-0.4, -0.2) is 25.2 Å². The van der Waals surface area contributed by atoms with Gasteiger partial charge in [-0.25, -0.2) is 13.8 Å². The number of methoxy groups -OCH3 is 2. The Morgan fingerprint density at radius 3 is 2.65 bits per heavy atom. The molecular formula is C10H10F2INO3. The minimum atomic E-state index is -2.71. The topological polar surface area (TPSA) is 48.4 Å². The van der Waals surface area contributed by atoms with E-state index in [1.54, 1.807) is 0 Å². The van der Waals surface area contributed by atoms with Crippen LogP contribution in [0.2, 0.25) is 0 Å². The van der Waals surface area contributed by atoms with Gasteiger partial charge in [-0.1, -0.05) is 0 Å². The van der Waals surface area contributed by atoms with Gasteiger partial charge in [-0.15, -0.1) is 0 Å². The van der Waals surface area contributed by atoms with Gasteiger partial charge in [0.1, 0.15) is 5.69 Å². The van der Waals surface area contributed by atoms with Crippen molar-refractivity contribution in [1.82, 2.24) is 4.98 Å². The highest BCUT2D eigenvalue weighted by atomic mass is 127. The van der Waals surface area contributed by atoms with Gasteiger partial charge in [0.05, 0.1) is 24.2 Å². The number of alkyl halides is 2. The molecule has 0 amide bonds. The Bertz CT molecular complexity index is 426. The standard InChI is InChI=1S/C10H10F2INO3/c1-16-7(15)4-5-3-6(9(11)12)14-10(17-2)8(5)13/h3,9H,4H2,1-2H3. The summed E-state index contributed by atoms with van der Waals surface area (Å²) in [6.07, 6.45) is -2.80. The summed E-state index contributed by atoms with van der Waals surface area (Å²) < 4.78 is 35.1. The van der Waals surface area contributed by atoms with Crippen LogP contribution >= 0.6 is 22.6 Å². The van der Waals surface area contributed by atoms with Crippen LogP contribution in [0.5, 0.6) is 5.88 Å². The fourth-order valence-corrected chi connectivity index (χ4v) is 1.87. The number of carbonyl (C=O) groups excluding carboxylic acids is 1. The zero-order valence-electron chi connectivity index (χ0n) is 9.17. The Labute approximate surface area is 110 Å². The average Bonchev–Trinajstić information content (AvgIpc) is 2.31. The van der Waals surface area contributed by atoms with Crippen molar-refractivity contribution >= 4 is 28.6 Å². The van der Waals surface area contributed by atoms with Crippen molar-refractivity contribution in [2.75, 3.05) is 14.2 Å². The lowest BCUT2D eigenvalue weighted by Gasteiger charge is -2.10. The first-order valence-corrected chi connectivity index (χ1v) is 5.65. The molecule has 17 heavy (non-hydrogen) atoms. The first-order chi connectivity index (χ1) is 7.99. The van der Waals surface area contributed by atoms with Crippen LogP contribution in [0.1, 0.15) is 17.7 Å². The smallest absolute Gasteiger partial charge is 0.310 e. The van der Waals surface area contributed by atoms with E-state index in [0.717, 1.165) is 0 Å². The summed E-state index contributed by atoms with van der Waals surface area (Å²) in [5.41, 5.74) is 0.000712. The number of hydrogen-bond acceptors (Lipinski definition) is 4. The number of rotatable bonds is 4. The number of hydrogen-bond donors (Lipinski definition) is 0. The molecule has 0 aliphatic rings. The summed E-state index contributed by atoms with van der Waals surface area (Å²) in [6.45, 7) is 0. The number of ether oxygens (including phenoxy) is 2. The van der Waals surface area contributed by atoms with E-state index in [1.165, 1.54) is 20.3 Å². The second-order valence-electron chi connectivity index (χ2n) is 3.08. The molecular weight excluding hydrogens is 347 g/mol. The quantitative estimate of drug-likeness (QED) is 0.613. The van der Waals surface area contributed by atoms with Crippen LogP contribution in [0.3, 0.4) is 0 Å². The number of aromatic nitrogens is 1. The molecule has 0 aliphatic heterocycles. The first-order valence-electron chi connectivity index (χ1n) is 4.57. The van der Waals surface area contributed by atoms with E-state index in [-0.39, 0.29) is 12.3 Å². The average molecular weight is 357 g/mol. The Morgan fingerprint density at radius 1 is 1.53 bits per heavy atom. The lowest BCUT2D eigenvalue weighted by atomic mass is 10.1. The molecule has 1 heterocycles. The molecule has 1 aromatic heterocycles. The summed E-state index contributed by atoms with van der Waals surface area (Å²) >= 11 is 1.89. The fraction of sp³-hybridized carbons (Fsp3) is 0.400. The number of carbonyl (C=O) groups is 1. The second-order valence-corrected chi connectivity index (χ2v) is 4.16. The monoisotopic (exact) mass is 357 g/mol. The molecule has 7 heteroatoms. The van der Waals surface area contributed by atoms with E-state index < -0.39 is 18.1 Å². The molecule has 94 valence electrons. The Morgan fingerprint density at radius 2 is 2.18 bits per heavy atom. The molecule has 0 saturated carbocycles. The molecule has 0 bridgehead atoms. The summed E-state index contributed by atoms with van der Waals surface area (Å²) in [6, 6.07) is 1.19. The van der Waals surface area contributed by atoms with Gasteiger partial charge in [0.15, 0.2) is 0 Å². The third-order valence-corrected chi connectivity index (χ3v) is 3.16. The molecule has 0 saturated heterocycles. The van der Waals surface area contributed by atoms with Crippen LogP contribution in [-0.2, 0) is 16.0 Å². The highest BCUT2D eigenvalue weighted by Crippen LogP contribution is 2.28. The summed E-state index contributed by atoms with van der Waals surface area (Å²) in [4.78, 5) is 14.8. The number of nitrogens with zero attached hydrogens (tertiary/aromatic N) is 1. The maximum absolute atomic E-state index is 12.6. The lowest BCUT2D eigenvalue weighted by molar-refractivity contribution is -0.139. The first kappa shape index (κ1) is 14.1. The van der Waals surface area contributed by atoms with Crippen LogP contribution < -0.4 is 4.74 Å². The van der Waals surface area contributed by atoms with Crippen molar-refractivity contribution in [3.63, 3.8) is 0 Å². The van der Waals surface area contributed by atoms with Crippen molar-refractivity contribution in [3.8, 4) is 5.88 Å². The Hall–Kier alpha value is -0.990. The van der Waals surface area contributed by atoms with E-state index in [1.807, 2.05) is 22.6 Å². The van der Waals surface area contributed by atoms with Crippen molar-refractivity contribution in [2.45, 2.75) is 12.8 Å². The van der Waals surface area contributed by atoms with Gasteiger partial charge >= 0.3 is 5.97 Å². The summed E-state index contributed by atoms with van der Waals surface area (Å²) in [5, 5.41) is 0. The molecule has 0 aliphatic carbocycles. The minimum absolute atomic E-state index is 0.0855. The third-order valence-electron chi connectivity index (χ3n) is 2.00. The van der Waals surface area contributed by atoms with E-state index in [0.29, 0.717) is 9.13 Å². The van der Waals surface area contributed by atoms with Crippen LogP contribution in [0, 0.1) is 3.57 Å². The molecule has 0 aromatic carbocycles. The Balaban J connectivity index is 3.17. The molecule has 0 radical (unpaired) electrons. The van der Waals surface area contributed by atoms with Crippen molar-refractivity contribution in [2.24, 2.45) is 0 Å². The number of esters is 1. The van der Waals surface area contributed by atoms with Gasteiger partial charge in [-0.2, -0.15) is 0 Å². The van der Waals surface area contributed by atoms with Gasteiger partial charge in [0, 0.05) is 0 Å². The van der Waals surface area contributed by atoms with Crippen LogP contribution in [0.4, 0.5) is 8.78 Å². The van der Waals surface area contributed by atoms with Crippen molar-refractivity contribution < 1.29 is 23.0 Å². The highest BCUT2D eigenvalue weighted by molar-refractivity contribution is 14.1. The third kappa shape index (κ3) is 3.48. The van der Waals surface area contributed by atoms with Gasteiger partial charge in [0.25, 0.3) is 6.43 Å². The molecule has 0 atom stereocenters. The SMILES string of the molecule is COC(=O)Cc1cc(C(F)F)nc(OC)c1I. The minimum Gasteiger partial charge on any atom is -0.480 e. The van der Waals surface area contributed by atoms with Crippen LogP contribution in [0.25, 0.3) is 0 Å². The zero-order valence-corrected chi connectivity index (χ0v) is 11.3. The van der Waals surface area contributed by atoms with Crippen LogP contribution in [0.15, 0.2) is 6.07 Å². The van der Waals surface area contributed by atoms with Gasteiger partial charge in [-0.05, 0) is 34.2 Å². The van der Waals surface area contributed by atoms with E-state index in [9.17, 15) is 13.6 Å². The summed E-state index contributed by atoms with van der Waals surface area (Å²) in [7, 11) is 2.57. The Kier molecular flexibility index (Phi) is 5.03. The maximum Gasteiger partial charge on any atom is 0.310 e. The normalized spacial score (nSPS) is 10.5. The molecule has 0 spiro atoms. The van der Waals surface area contributed by atoms with E-state index in [2.05, 4.69) is 9.72 Å². The summed E-state index contributed by atoms with van der Waals surface area (Å²) in [5.74, 6) is -0.418. The van der Waals surface area contributed by atoms with Crippen molar-refractivity contribution in [1.29, 1.82) is 0 Å². The lowest BCUT2D eigenvalue weighted by Crippen LogP contribution is -2.09. The predicted octanol–water partition coefficient (Wildman–Crippen LogP) is 2.35. The molecule has 1 rings (SSSR count). The molecule has 1 aromatic rings.